The average Bonchev–Trinajstić information content (AvgIpc) is 2.37. The first-order valence-corrected chi connectivity index (χ1v) is 7.47. The van der Waals surface area contributed by atoms with Crippen LogP contribution in [-0.2, 0) is 6.54 Å². The lowest BCUT2D eigenvalue weighted by molar-refractivity contribution is 0.241. The third kappa shape index (κ3) is 7.14. The Morgan fingerprint density at radius 3 is 2.52 bits per heavy atom. The molecule has 0 saturated carbocycles. The maximum atomic E-state index is 4.29. The van der Waals surface area contributed by atoms with Gasteiger partial charge in [0.25, 0.3) is 0 Å². The minimum absolute atomic E-state index is 0.199. The molecule has 0 aliphatic rings. The van der Waals surface area contributed by atoms with Crippen LogP contribution in [0.25, 0.3) is 0 Å². The SMILES string of the molecule is CN=C(NCc1cccc(C)c1)NCC(C)(C)CN(C)C. The lowest BCUT2D eigenvalue weighted by Gasteiger charge is -2.29. The van der Waals surface area contributed by atoms with E-state index in [2.05, 4.69) is 79.7 Å². The van der Waals surface area contributed by atoms with E-state index in [-0.39, 0.29) is 5.41 Å². The zero-order valence-corrected chi connectivity index (χ0v) is 14.3. The van der Waals surface area contributed by atoms with Gasteiger partial charge in [-0.3, -0.25) is 4.99 Å². The van der Waals surface area contributed by atoms with Crippen LogP contribution in [0.5, 0.6) is 0 Å². The molecule has 0 amide bonds. The molecule has 0 aliphatic carbocycles. The molecule has 21 heavy (non-hydrogen) atoms. The molecule has 1 rings (SSSR count). The van der Waals surface area contributed by atoms with Gasteiger partial charge in [0.15, 0.2) is 5.96 Å². The van der Waals surface area contributed by atoms with Crippen molar-refractivity contribution in [3.63, 3.8) is 0 Å². The summed E-state index contributed by atoms with van der Waals surface area (Å²) in [6.07, 6.45) is 0. The van der Waals surface area contributed by atoms with Gasteiger partial charge in [-0.2, -0.15) is 0 Å². The minimum Gasteiger partial charge on any atom is -0.356 e. The number of benzene rings is 1. The molecule has 0 unspecified atom stereocenters. The molecule has 1 aromatic carbocycles. The van der Waals surface area contributed by atoms with Crippen LogP contribution in [0.3, 0.4) is 0 Å². The van der Waals surface area contributed by atoms with E-state index in [4.69, 9.17) is 0 Å². The van der Waals surface area contributed by atoms with E-state index in [9.17, 15) is 0 Å². The lowest BCUT2D eigenvalue weighted by Crippen LogP contribution is -2.44. The molecule has 0 bridgehead atoms. The highest BCUT2D eigenvalue weighted by molar-refractivity contribution is 5.79. The van der Waals surface area contributed by atoms with Crippen LogP contribution in [0.15, 0.2) is 29.3 Å². The van der Waals surface area contributed by atoms with Crippen molar-refractivity contribution in [3.05, 3.63) is 35.4 Å². The van der Waals surface area contributed by atoms with Gasteiger partial charge in [-0.05, 0) is 32.0 Å². The summed E-state index contributed by atoms with van der Waals surface area (Å²) in [5, 5.41) is 6.78. The predicted octanol–water partition coefficient (Wildman–Crippen LogP) is 2.25. The molecule has 0 aromatic heterocycles. The second-order valence-corrected chi connectivity index (χ2v) is 6.67. The lowest BCUT2D eigenvalue weighted by atomic mass is 9.93. The van der Waals surface area contributed by atoms with Crippen molar-refractivity contribution in [2.75, 3.05) is 34.2 Å². The van der Waals surface area contributed by atoms with Gasteiger partial charge in [0.1, 0.15) is 0 Å². The third-order valence-electron chi connectivity index (χ3n) is 3.24. The summed E-state index contributed by atoms with van der Waals surface area (Å²) in [6, 6.07) is 8.52. The summed E-state index contributed by atoms with van der Waals surface area (Å²) in [4.78, 5) is 6.50. The molecular formula is C17H30N4. The minimum atomic E-state index is 0.199. The van der Waals surface area contributed by atoms with Crippen LogP contribution in [0.4, 0.5) is 0 Å². The van der Waals surface area contributed by atoms with Crippen molar-refractivity contribution < 1.29 is 0 Å². The van der Waals surface area contributed by atoms with Crippen molar-refractivity contribution in [2.24, 2.45) is 10.4 Å². The van der Waals surface area contributed by atoms with Crippen molar-refractivity contribution in [1.82, 2.24) is 15.5 Å². The quantitative estimate of drug-likeness (QED) is 0.623. The van der Waals surface area contributed by atoms with Crippen LogP contribution in [0.2, 0.25) is 0 Å². The Morgan fingerprint density at radius 1 is 1.24 bits per heavy atom. The van der Waals surface area contributed by atoms with Gasteiger partial charge in [-0.1, -0.05) is 43.7 Å². The number of hydrogen-bond donors (Lipinski definition) is 2. The smallest absolute Gasteiger partial charge is 0.191 e. The maximum Gasteiger partial charge on any atom is 0.191 e. The molecular weight excluding hydrogens is 260 g/mol. The van der Waals surface area contributed by atoms with Gasteiger partial charge in [-0.15, -0.1) is 0 Å². The number of nitrogens with zero attached hydrogens (tertiary/aromatic N) is 2. The highest BCUT2D eigenvalue weighted by Crippen LogP contribution is 2.13. The zero-order chi connectivity index (χ0) is 15.9. The van der Waals surface area contributed by atoms with Crippen molar-refractivity contribution in [3.8, 4) is 0 Å². The largest absolute Gasteiger partial charge is 0.356 e. The van der Waals surface area contributed by atoms with Gasteiger partial charge in [0.2, 0.25) is 0 Å². The van der Waals surface area contributed by atoms with Gasteiger partial charge in [0.05, 0.1) is 0 Å². The number of aryl methyl sites for hydroxylation is 1. The standard InChI is InChI=1S/C17H30N4/c1-14-8-7-9-15(10-14)11-19-16(18-4)20-12-17(2,3)13-21(5)6/h7-10H,11-13H2,1-6H3,(H2,18,19,20). The Balaban J connectivity index is 2.46. The molecule has 4 nitrogen and oxygen atoms in total. The Kier molecular flexibility index (Phi) is 6.69. The van der Waals surface area contributed by atoms with E-state index < -0.39 is 0 Å². The first-order chi connectivity index (χ1) is 9.82. The Morgan fingerprint density at radius 2 is 1.95 bits per heavy atom. The van der Waals surface area contributed by atoms with Crippen LogP contribution in [0, 0.1) is 12.3 Å². The summed E-state index contributed by atoms with van der Waals surface area (Å²) in [5.74, 6) is 0.850. The van der Waals surface area contributed by atoms with Crippen molar-refractivity contribution >= 4 is 5.96 Å². The van der Waals surface area contributed by atoms with Crippen LogP contribution in [-0.4, -0.2) is 45.1 Å². The van der Waals surface area contributed by atoms with Crippen LogP contribution < -0.4 is 10.6 Å². The monoisotopic (exact) mass is 290 g/mol. The first kappa shape index (κ1) is 17.5. The summed E-state index contributed by atoms with van der Waals surface area (Å²) >= 11 is 0. The van der Waals surface area contributed by atoms with E-state index in [0.717, 1.165) is 25.6 Å². The van der Waals surface area contributed by atoms with Crippen molar-refractivity contribution in [2.45, 2.75) is 27.3 Å². The van der Waals surface area contributed by atoms with E-state index >= 15 is 0 Å². The van der Waals surface area contributed by atoms with Crippen molar-refractivity contribution in [1.29, 1.82) is 0 Å². The molecule has 2 N–H and O–H groups in total. The highest BCUT2D eigenvalue weighted by atomic mass is 15.2. The average molecular weight is 290 g/mol. The third-order valence-corrected chi connectivity index (χ3v) is 3.24. The Bertz CT molecular complexity index is 464. The predicted molar refractivity (Wildman–Crippen MR) is 91.7 cm³/mol. The second-order valence-electron chi connectivity index (χ2n) is 6.67. The number of guanidine groups is 1. The van der Waals surface area contributed by atoms with Crippen LogP contribution in [0.1, 0.15) is 25.0 Å². The summed E-state index contributed by atoms with van der Waals surface area (Å²) in [6.45, 7) is 9.34. The first-order valence-electron chi connectivity index (χ1n) is 7.47. The fourth-order valence-corrected chi connectivity index (χ4v) is 2.46. The van der Waals surface area contributed by atoms with E-state index in [1.54, 1.807) is 0 Å². The summed E-state index contributed by atoms with van der Waals surface area (Å²) in [5.41, 5.74) is 2.75. The van der Waals surface area contributed by atoms with E-state index in [1.165, 1.54) is 11.1 Å². The molecule has 118 valence electrons. The molecule has 0 aliphatic heterocycles. The number of aliphatic imine (C=N–C) groups is 1. The number of rotatable bonds is 6. The fourth-order valence-electron chi connectivity index (χ4n) is 2.46. The molecule has 1 aromatic rings. The molecule has 0 radical (unpaired) electrons. The molecule has 0 heterocycles. The van der Waals surface area contributed by atoms with Gasteiger partial charge in [-0.25, -0.2) is 0 Å². The Hall–Kier alpha value is -1.55. The maximum absolute atomic E-state index is 4.29. The molecule has 0 atom stereocenters. The van der Waals surface area contributed by atoms with Crippen LogP contribution >= 0.6 is 0 Å². The Labute approximate surface area is 129 Å². The summed E-state index contributed by atoms with van der Waals surface area (Å²) in [7, 11) is 6.02. The number of hydrogen-bond acceptors (Lipinski definition) is 2. The highest BCUT2D eigenvalue weighted by Gasteiger charge is 2.19. The normalized spacial score (nSPS) is 12.6. The summed E-state index contributed by atoms with van der Waals surface area (Å²) < 4.78 is 0. The topological polar surface area (TPSA) is 39.7 Å². The van der Waals surface area contributed by atoms with Gasteiger partial charge in [0, 0.05) is 26.7 Å². The second kappa shape index (κ2) is 8.03. The fraction of sp³-hybridized carbons (Fsp3) is 0.588. The van der Waals surface area contributed by atoms with E-state index in [1.807, 2.05) is 7.05 Å². The molecule has 0 saturated heterocycles. The van der Waals surface area contributed by atoms with Gasteiger partial charge >= 0.3 is 0 Å². The zero-order valence-electron chi connectivity index (χ0n) is 14.3. The van der Waals surface area contributed by atoms with E-state index in [0.29, 0.717) is 0 Å². The molecule has 4 heteroatoms. The number of nitrogens with one attached hydrogen (secondary N) is 2. The molecule has 0 spiro atoms. The van der Waals surface area contributed by atoms with Gasteiger partial charge < -0.3 is 15.5 Å². The molecule has 0 fully saturated rings.